The summed E-state index contributed by atoms with van der Waals surface area (Å²) in [5, 5.41) is 8.83. The zero-order chi connectivity index (χ0) is 25.4. The minimum Gasteiger partial charge on any atom is -0.489 e. The average Bonchev–Trinajstić information content (AvgIpc) is 3.30. The maximum atomic E-state index is 12.9. The van der Waals surface area contributed by atoms with E-state index in [-0.39, 0.29) is 18.0 Å². The van der Waals surface area contributed by atoms with Gasteiger partial charge in [0.05, 0.1) is 23.9 Å². The molecule has 0 aliphatic heterocycles. The van der Waals surface area contributed by atoms with Gasteiger partial charge in [-0.05, 0) is 53.6 Å². The first-order chi connectivity index (χ1) is 17.3. The van der Waals surface area contributed by atoms with Crippen molar-refractivity contribution in [3.05, 3.63) is 107 Å². The third-order valence-corrected chi connectivity index (χ3v) is 5.67. The van der Waals surface area contributed by atoms with Crippen LogP contribution in [0.4, 0.5) is 24.0 Å². The van der Waals surface area contributed by atoms with Gasteiger partial charge in [-0.1, -0.05) is 36.4 Å². The van der Waals surface area contributed by atoms with E-state index in [9.17, 15) is 18.0 Å². The third kappa shape index (κ3) is 7.41. The Morgan fingerprint density at radius 3 is 2.56 bits per heavy atom. The number of hydrogen-bond acceptors (Lipinski definition) is 6. The molecule has 3 aromatic carbocycles. The zero-order valence-corrected chi connectivity index (χ0v) is 19.6. The normalized spacial score (nSPS) is 11.4. The summed E-state index contributed by atoms with van der Waals surface area (Å²) in [7, 11) is 0. The van der Waals surface area contributed by atoms with Gasteiger partial charge in [0.15, 0.2) is 5.13 Å². The number of ether oxygens (including phenoxy) is 1. The molecule has 0 radical (unpaired) electrons. The molecular weight excluding hydrogens is 489 g/mol. The summed E-state index contributed by atoms with van der Waals surface area (Å²) in [6.45, 7) is 0.470. The first-order valence-corrected chi connectivity index (χ1v) is 11.7. The molecule has 10 heteroatoms. The molecule has 0 fully saturated rings. The van der Waals surface area contributed by atoms with Gasteiger partial charge in [-0.2, -0.15) is 18.3 Å². The van der Waals surface area contributed by atoms with Gasteiger partial charge in [-0.3, -0.25) is 4.79 Å². The first kappa shape index (κ1) is 24.9. The van der Waals surface area contributed by atoms with Crippen LogP contribution in [0, 0.1) is 0 Å². The van der Waals surface area contributed by atoms with Crippen LogP contribution in [0.25, 0.3) is 0 Å². The van der Waals surface area contributed by atoms with Crippen LogP contribution in [-0.4, -0.2) is 17.1 Å². The summed E-state index contributed by atoms with van der Waals surface area (Å²) in [5.74, 6) is 0.350. The maximum Gasteiger partial charge on any atom is 0.416 e. The van der Waals surface area contributed by atoms with Crippen molar-refractivity contribution >= 4 is 34.3 Å². The quantitative estimate of drug-likeness (QED) is 0.208. The highest BCUT2D eigenvalue weighted by atomic mass is 32.1. The fourth-order valence-corrected chi connectivity index (χ4v) is 3.85. The van der Waals surface area contributed by atoms with E-state index in [0.29, 0.717) is 17.4 Å². The number of thiazole rings is 1. The number of benzene rings is 3. The predicted octanol–water partition coefficient (Wildman–Crippen LogP) is 6.18. The molecule has 1 heterocycles. The number of nitrogens with zero attached hydrogens (tertiary/aromatic N) is 2. The molecule has 1 amide bonds. The van der Waals surface area contributed by atoms with Crippen LogP contribution in [0.1, 0.15) is 22.4 Å². The number of hydrazone groups is 1. The number of carbonyl (C=O) groups is 1. The van der Waals surface area contributed by atoms with Crippen molar-refractivity contribution in [2.24, 2.45) is 5.10 Å². The topological polar surface area (TPSA) is 75.6 Å². The lowest BCUT2D eigenvalue weighted by Crippen LogP contribution is -2.19. The van der Waals surface area contributed by atoms with Crippen LogP contribution in [0.3, 0.4) is 0 Å². The second-order valence-corrected chi connectivity index (χ2v) is 8.52. The van der Waals surface area contributed by atoms with Crippen molar-refractivity contribution in [3.8, 4) is 5.75 Å². The standard InChI is InChI=1S/C26H21F3N4O2S/c27-26(28,29)20-7-4-8-21(13-20)31-25-32-22(17-36-25)14-24(34)33-30-15-18-9-11-23(12-10-18)35-16-19-5-2-1-3-6-19/h1-13,15,17H,14,16H2,(H,31,32)(H,33,34)/b30-15-. The Bertz CT molecular complexity index is 1320. The van der Waals surface area contributed by atoms with E-state index >= 15 is 0 Å². The molecule has 1 aromatic heterocycles. The second kappa shape index (κ2) is 11.5. The Labute approximate surface area is 209 Å². The van der Waals surface area contributed by atoms with E-state index in [1.54, 1.807) is 5.38 Å². The van der Waals surface area contributed by atoms with Crippen LogP contribution in [0.5, 0.6) is 5.75 Å². The molecule has 0 saturated carbocycles. The largest absolute Gasteiger partial charge is 0.489 e. The summed E-state index contributed by atoms with van der Waals surface area (Å²) in [5.41, 5.74) is 4.28. The van der Waals surface area contributed by atoms with Gasteiger partial charge in [-0.15, -0.1) is 11.3 Å². The SMILES string of the molecule is O=C(Cc1csc(Nc2cccc(C(F)(F)F)c2)n1)N/N=C\c1ccc(OCc2ccccc2)cc1. The summed E-state index contributed by atoms with van der Waals surface area (Å²) < 4.78 is 44.4. The van der Waals surface area contributed by atoms with Crippen molar-refractivity contribution in [1.29, 1.82) is 0 Å². The molecule has 6 nitrogen and oxygen atoms in total. The highest BCUT2D eigenvalue weighted by Crippen LogP contribution is 2.31. The maximum absolute atomic E-state index is 12.9. The Balaban J connectivity index is 1.24. The van der Waals surface area contributed by atoms with Crippen LogP contribution >= 0.6 is 11.3 Å². The number of anilines is 2. The van der Waals surface area contributed by atoms with Crippen molar-refractivity contribution in [2.45, 2.75) is 19.2 Å². The molecule has 0 bridgehead atoms. The number of rotatable bonds is 9. The van der Waals surface area contributed by atoms with Crippen molar-refractivity contribution in [1.82, 2.24) is 10.4 Å². The van der Waals surface area contributed by atoms with Crippen LogP contribution in [0.2, 0.25) is 0 Å². The number of halogens is 3. The fraction of sp³-hybridized carbons (Fsp3) is 0.115. The molecular formula is C26H21F3N4O2S. The highest BCUT2D eigenvalue weighted by molar-refractivity contribution is 7.13. The van der Waals surface area contributed by atoms with Gasteiger partial charge in [0.1, 0.15) is 12.4 Å². The average molecular weight is 511 g/mol. The second-order valence-electron chi connectivity index (χ2n) is 7.66. The Morgan fingerprint density at radius 1 is 1.03 bits per heavy atom. The molecule has 0 spiro atoms. The lowest BCUT2D eigenvalue weighted by molar-refractivity contribution is -0.137. The number of carbonyl (C=O) groups excluding carboxylic acids is 1. The van der Waals surface area contributed by atoms with E-state index in [2.05, 4.69) is 20.8 Å². The van der Waals surface area contributed by atoms with Crippen LogP contribution in [0.15, 0.2) is 89.3 Å². The molecule has 36 heavy (non-hydrogen) atoms. The van der Waals surface area contributed by atoms with Gasteiger partial charge >= 0.3 is 6.18 Å². The van der Waals surface area contributed by atoms with Crippen molar-refractivity contribution in [3.63, 3.8) is 0 Å². The molecule has 4 aromatic rings. The number of amides is 1. The van der Waals surface area contributed by atoms with Crippen LogP contribution < -0.4 is 15.5 Å². The molecule has 0 saturated heterocycles. The lowest BCUT2D eigenvalue weighted by atomic mass is 10.2. The molecule has 0 atom stereocenters. The summed E-state index contributed by atoms with van der Waals surface area (Å²) in [6, 6.07) is 22.0. The summed E-state index contributed by atoms with van der Waals surface area (Å²) in [6.07, 6.45) is -2.94. The van der Waals surface area contributed by atoms with E-state index in [4.69, 9.17) is 4.74 Å². The molecule has 0 unspecified atom stereocenters. The Morgan fingerprint density at radius 2 is 1.81 bits per heavy atom. The van der Waals surface area contributed by atoms with Crippen molar-refractivity contribution in [2.75, 3.05) is 5.32 Å². The van der Waals surface area contributed by atoms with Gasteiger partial charge in [-0.25, -0.2) is 10.4 Å². The summed E-state index contributed by atoms with van der Waals surface area (Å²) >= 11 is 1.19. The molecule has 4 rings (SSSR count). The Hall–Kier alpha value is -4.18. The highest BCUT2D eigenvalue weighted by Gasteiger charge is 2.30. The zero-order valence-electron chi connectivity index (χ0n) is 18.8. The first-order valence-electron chi connectivity index (χ1n) is 10.8. The monoisotopic (exact) mass is 510 g/mol. The minimum absolute atomic E-state index is 0.0234. The van der Waals surface area contributed by atoms with Crippen molar-refractivity contribution < 1.29 is 22.7 Å². The molecule has 0 aliphatic carbocycles. The third-order valence-electron chi connectivity index (χ3n) is 4.87. The van der Waals surface area contributed by atoms with Gasteiger partial charge in [0.25, 0.3) is 0 Å². The predicted molar refractivity (Wildman–Crippen MR) is 133 cm³/mol. The van der Waals surface area contributed by atoms with Crippen LogP contribution in [-0.2, 0) is 24.0 Å². The number of nitrogens with one attached hydrogen (secondary N) is 2. The van der Waals surface area contributed by atoms with E-state index in [0.717, 1.165) is 29.0 Å². The lowest BCUT2D eigenvalue weighted by Gasteiger charge is -2.08. The van der Waals surface area contributed by atoms with Gasteiger partial charge in [0, 0.05) is 11.1 Å². The van der Waals surface area contributed by atoms with E-state index in [1.165, 1.54) is 29.7 Å². The molecule has 184 valence electrons. The fourth-order valence-electron chi connectivity index (χ4n) is 3.12. The van der Waals surface area contributed by atoms with Gasteiger partial charge < -0.3 is 10.1 Å². The number of hydrogen-bond donors (Lipinski definition) is 2. The van der Waals surface area contributed by atoms with E-state index < -0.39 is 11.7 Å². The smallest absolute Gasteiger partial charge is 0.416 e. The van der Waals surface area contributed by atoms with E-state index in [1.807, 2.05) is 54.6 Å². The molecule has 0 aliphatic rings. The Kier molecular flexibility index (Phi) is 7.96. The number of alkyl halides is 3. The minimum atomic E-state index is -4.43. The molecule has 2 N–H and O–H groups in total. The summed E-state index contributed by atoms with van der Waals surface area (Å²) in [4.78, 5) is 16.4. The van der Waals surface area contributed by atoms with Gasteiger partial charge in [0.2, 0.25) is 5.91 Å². The number of aromatic nitrogens is 1.